The summed E-state index contributed by atoms with van der Waals surface area (Å²) in [7, 11) is 0. The van der Waals surface area contributed by atoms with Crippen molar-refractivity contribution in [2.75, 3.05) is 11.9 Å². The lowest BCUT2D eigenvalue weighted by Gasteiger charge is -2.36. The Labute approximate surface area is 170 Å². The summed E-state index contributed by atoms with van der Waals surface area (Å²) >= 11 is 5.87. The molecular formula is C21H25ClN4O2. The Hall–Kier alpha value is -2.47. The molecule has 0 saturated carbocycles. The maximum atomic E-state index is 12.6. The number of likely N-dealkylation sites (tertiary alicyclic amines) is 1. The minimum atomic E-state index is -0.273. The van der Waals surface area contributed by atoms with Crippen molar-refractivity contribution in [1.29, 1.82) is 0 Å². The molecule has 2 amide bonds. The lowest BCUT2D eigenvalue weighted by molar-refractivity contribution is -0.138. The van der Waals surface area contributed by atoms with Crippen LogP contribution in [0.15, 0.2) is 30.5 Å². The Morgan fingerprint density at radius 1 is 1.21 bits per heavy atom. The highest BCUT2D eigenvalue weighted by molar-refractivity contribution is 6.30. The van der Waals surface area contributed by atoms with Crippen molar-refractivity contribution in [3.8, 4) is 0 Å². The van der Waals surface area contributed by atoms with Gasteiger partial charge < -0.3 is 10.2 Å². The molecule has 1 saturated heterocycles. The molecule has 0 unspecified atom stereocenters. The van der Waals surface area contributed by atoms with Crippen LogP contribution in [0.2, 0.25) is 5.02 Å². The molecular weight excluding hydrogens is 376 g/mol. The van der Waals surface area contributed by atoms with E-state index >= 15 is 0 Å². The molecule has 2 aromatic rings. The Bertz CT molecular complexity index is 867. The van der Waals surface area contributed by atoms with E-state index in [0.29, 0.717) is 27.8 Å². The lowest BCUT2D eigenvalue weighted by Crippen LogP contribution is -2.41. The molecule has 1 atom stereocenters. The fraction of sp³-hybridized carbons (Fsp3) is 0.429. The maximum Gasteiger partial charge on any atom is 0.259 e. The summed E-state index contributed by atoms with van der Waals surface area (Å²) in [5, 5.41) is 3.43. The first-order valence-electron chi connectivity index (χ1n) is 9.57. The topological polar surface area (TPSA) is 75.2 Å². The van der Waals surface area contributed by atoms with Gasteiger partial charge in [0.05, 0.1) is 17.3 Å². The number of carbonyl (C=O) groups is 2. The standard InChI is InChI=1S/C21H25ClN4O2/c1-13(2)21(28)26-11-5-4-6-18(26)19-23-12-17(14(3)24-19)20(27)25-16-9-7-15(22)8-10-16/h7-10,12-13,18H,4-6,11H2,1-3H3,(H,25,27)/t18-/m0/s1. The van der Waals surface area contributed by atoms with Crippen molar-refractivity contribution in [2.24, 2.45) is 5.92 Å². The van der Waals surface area contributed by atoms with Crippen molar-refractivity contribution in [2.45, 2.75) is 46.1 Å². The zero-order valence-electron chi connectivity index (χ0n) is 16.4. The zero-order chi connectivity index (χ0) is 20.3. The first kappa shape index (κ1) is 20.3. The predicted molar refractivity (Wildman–Crippen MR) is 109 cm³/mol. The molecule has 1 aromatic carbocycles. The second-order valence-electron chi connectivity index (χ2n) is 7.39. The van der Waals surface area contributed by atoms with Crippen molar-refractivity contribution in [1.82, 2.24) is 14.9 Å². The number of rotatable bonds is 4. The molecule has 28 heavy (non-hydrogen) atoms. The van der Waals surface area contributed by atoms with Gasteiger partial charge in [-0.1, -0.05) is 25.4 Å². The number of halogens is 1. The second-order valence-corrected chi connectivity index (χ2v) is 7.82. The summed E-state index contributed by atoms with van der Waals surface area (Å²) in [5.74, 6) is 0.390. The van der Waals surface area contributed by atoms with Crippen LogP contribution < -0.4 is 5.32 Å². The third-order valence-corrected chi connectivity index (χ3v) is 5.17. The van der Waals surface area contributed by atoms with Crippen LogP contribution in [0.4, 0.5) is 5.69 Å². The molecule has 1 aliphatic rings. The fourth-order valence-corrected chi connectivity index (χ4v) is 3.52. The van der Waals surface area contributed by atoms with E-state index in [-0.39, 0.29) is 23.8 Å². The molecule has 148 valence electrons. The molecule has 1 N–H and O–H groups in total. The van der Waals surface area contributed by atoms with E-state index in [1.54, 1.807) is 37.4 Å². The number of aryl methyl sites for hydroxylation is 1. The van der Waals surface area contributed by atoms with Gasteiger partial charge in [0.25, 0.3) is 5.91 Å². The summed E-state index contributed by atoms with van der Waals surface area (Å²) in [6, 6.07) is 6.78. The number of hydrogen-bond acceptors (Lipinski definition) is 4. The van der Waals surface area contributed by atoms with Gasteiger partial charge >= 0.3 is 0 Å². The van der Waals surface area contributed by atoms with Gasteiger partial charge in [0.2, 0.25) is 5.91 Å². The average Bonchev–Trinajstić information content (AvgIpc) is 2.69. The zero-order valence-corrected chi connectivity index (χ0v) is 17.2. The fourth-order valence-electron chi connectivity index (χ4n) is 3.40. The number of anilines is 1. The van der Waals surface area contributed by atoms with E-state index in [1.165, 1.54) is 0 Å². The number of carbonyl (C=O) groups excluding carboxylic acids is 2. The van der Waals surface area contributed by atoms with E-state index in [2.05, 4.69) is 15.3 Å². The molecule has 2 heterocycles. The maximum absolute atomic E-state index is 12.6. The molecule has 0 aliphatic carbocycles. The molecule has 3 rings (SSSR count). The number of piperidine rings is 1. The summed E-state index contributed by atoms with van der Waals surface area (Å²) in [6.07, 6.45) is 4.42. The summed E-state index contributed by atoms with van der Waals surface area (Å²) in [5.41, 5.74) is 1.66. The molecule has 1 fully saturated rings. The molecule has 1 aromatic heterocycles. The third-order valence-electron chi connectivity index (χ3n) is 4.92. The largest absolute Gasteiger partial charge is 0.332 e. The van der Waals surface area contributed by atoms with Crippen LogP contribution >= 0.6 is 11.6 Å². The van der Waals surface area contributed by atoms with Crippen molar-refractivity contribution < 1.29 is 9.59 Å². The third kappa shape index (κ3) is 4.50. The van der Waals surface area contributed by atoms with Gasteiger partial charge in [0.15, 0.2) is 5.82 Å². The van der Waals surface area contributed by atoms with Gasteiger partial charge in [-0.2, -0.15) is 0 Å². The highest BCUT2D eigenvalue weighted by Crippen LogP contribution is 2.30. The average molecular weight is 401 g/mol. The van der Waals surface area contributed by atoms with Crippen LogP contribution in [0.1, 0.15) is 61.0 Å². The monoisotopic (exact) mass is 400 g/mol. The Morgan fingerprint density at radius 2 is 1.93 bits per heavy atom. The summed E-state index contributed by atoms with van der Waals surface area (Å²) in [6.45, 7) is 6.33. The van der Waals surface area contributed by atoms with Crippen LogP contribution in [0.25, 0.3) is 0 Å². The van der Waals surface area contributed by atoms with E-state index < -0.39 is 0 Å². The number of nitrogens with one attached hydrogen (secondary N) is 1. The van der Waals surface area contributed by atoms with Gasteiger partial charge in [-0.25, -0.2) is 9.97 Å². The van der Waals surface area contributed by atoms with Crippen LogP contribution in [0.3, 0.4) is 0 Å². The molecule has 7 heteroatoms. The minimum absolute atomic E-state index is 0.0638. The molecule has 1 aliphatic heterocycles. The first-order valence-corrected chi connectivity index (χ1v) is 9.95. The minimum Gasteiger partial charge on any atom is -0.332 e. The predicted octanol–water partition coefficient (Wildman–Crippen LogP) is 4.40. The van der Waals surface area contributed by atoms with Gasteiger partial charge in [-0.15, -0.1) is 0 Å². The van der Waals surface area contributed by atoms with Crippen LogP contribution in [-0.4, -0.2) is 33.2 Å². The Balaban J connectivity index is 1.80. The quantitative estimate of drug-likeness (QED) is 0.825. The van der Waals surface area contributed by atoms with E-state index in [4.69, 9.17) is 11.6 Å². The number of nitrogens with zero attached hydrogens (tertiary/aromatic N) is 3. The highest BCUT2D eigenvalue weighted by atomic mass is 35.5. The normalized spacial score (nSPS) is 16.9. The van der Waals surface area contributed by atoms with Crippen LogP contribution in [0, 0.1) is 12.8 Å². The number of amides is 2. The van der Waals surface area contributed by atoms with E-state index in [0.717, 1.165) is 25.8 Å². The van der Waals surface area contributed by atoms with Crippen molar-refractivity contribution in [3.05, 3.63) is 52.6 Å². The smallest absolute Gasteiger partial charge is 0.259 e. The number of aromatic nitrogens is 2. The number of benzene rings is 1. The van der Waals surface area contributed by atoms with E-state index in [1.807, 2.05) is 18.7 Å². The van der Waals surface area contributed by atoms with Crippen LogP contribution in [-0.2, 0) is 4.79 Å². The highest BCUT2D eigenvalue weighted by Gasteiger charge is 2.31. The van der Waals surface area contributed by atoms with Gasteiger partial charge in [0.1, 0.15) is 0 Å². The summed E-state index contributed by atoms with van der Waals surface area (Å²) < 4.78 is 0. The summed E-state index contributed by atoms with van der Waals surface area (Å²) in [4.78, 5) is 36.1. The molecule has 0 spiro atoms. The second kappa shape index (κ2) is 8.69. The first-order chi connectivity index (χ1) is 13.4. The number of hydrogen-bond donors (Lipinski definition) is 1. The Morgan fingerprint density at radius 3 is 2.57 bits per heavy atom. The SMILES string of the molecule is Cc1nc([C@@H]2CCCCN2C(=O)C(C)C)ncc1C(=O)Nc1ccc(Cl)cc1. The van der Waals surface area contributed by atoms with E-state index in [9.17, 15) is 9.59 Å². The van der Waals surface area contributed by atoms with Gasteiger partial charge in [0, 0.05) is 29.4 Å². The van der Waals surface area contributed by atoms with Crippen LogP contribution in [0.5, 0.6) is 0 Å². The molecule has 6 nitrogen and oxygen atoms in total. The van der Waals surface area contributed by atoms with Crippen molar-refractivity contribution in [3.63, 3.8) is 0 Å². The Kier molecular flexibility index (Phi) is 6.29. The molecule has 0 radical (unpaired) electrons. The van der Waals surface area contributed by atoms with Crippen molar-refractivity contribution >= 4 is 29.1 Å². The van der Waals surface area contributed by atoms with Gasteiger partial charge in [-0.3, -0.25) is 9.59 Å². The lowest BCUT2D eigenvalue weighted by atomic mass is 9.99. The van der Waals surface area contributed by atoms with Gasteiger partial charge in [-0.05, 0) is 50.5 Å². The molecule has 0 bridgehead atoms.